The molecule has 162 valence electrons. The van der Waals surface area contributed by atoms with Crippen LogP contribution in [0.25, 0.3) is 12.2 Å². The van der Waals surface area contributed by atoms with Crippen molar-refractivity contribution in [1.29, 1.82) is 0 Å². The van der Waals surface area contributed by atoms with E-state index in [4.69, 9.17) is 14.2 Å². The number of phenolic OH excluding ortho intramolecular Hbond substituents is 2. The highest BCUT2D eigenvalue weighted by atomic mass is 16.7. The highest BCUT2D eigenvalue weighted by Gasteiger charge is 2.45. The van der Waals surface area contributed by atoms with E-state index in [-0.39, 0.29) is 23.0 Å². The van der Waals surface area contributed by atoms with Gasteiger partial charge in [0.05, 0.1) is 13.7 Å². The molecule has 2 aromatic carbocycles. The molecule has 2 aromatic rings. The van der Waals surface area contributed by atoms with Crippen LogP contribution in [0.15, 0.2) is 36.4 Å². The van der Waals surface area contributed by atoms with E-state index in [1.165, 1.54) is 31.4 Å². The number of hydrogen-bond donors (Lipinski definition) is 6. The van der Waals surface area contributed by atoms with Gasteiger partial charge < -0.3 is 44.8 Å². The first-order chi connectivity index (χ1) is 14.3. The first kappa shape index (κ1) is 21.9. The average molecular weight is 420 g/mol. The predicted molar refractivity (Wildman–Crippen MR) is 106 cm³/mol. The Balaban J connectivity index is 1.94. The second-order valence-electron chi connectivity index (χ2n) is 6.81. The zero-order valence-electron chi connectivity index (χ0n) is 16.1. The lowest BCUT2D eigenvalue weighted by molar-refractivity contribution is -0.277. The molecule has 6 N–H and O–H groups in total. The molecule has 30 heavy (non-hydrogen) atoms. The second kappa shape index (κ2) is 9.33. The summed E-state index contributed by atoms with van der Waals surface area (Å²) in [7, 11) is 1.36. The summed E-state index contributed by atoms with van der Waals surface area (Å²) in [4.78, 5) is 0. The van der Waals surface area contributed by atoms with E-state index in [1.807, 2.05) is 0 Å². The summed E-state index contributed by atoms with van der Waals surface area (Å²) in [6, 6.07) is 9.12. The Morgan fingerprint density at radius 3 is 2.27 bits per heavy atom. The van der Waals surface area contributed by atoms with Crippen molar-refractivity contribution in [2.45, 2.75) is 30.7 Å². The van der Waals surface area contributed by atoms with Gasteiger partial charge in [-0.05, 0) is 23.8 Å². The normalized spacial score (nSPS) is 26.6. The highest BCUT2D eigenvalue weighted by molar-refractivity contribution is 5.75. The van der Waals surface area contributed by atoms with Crippen LogP contribution >= 0.6 is 0 Å². The van der Waals surface area contributed by atoms with Gasteiger partial charge in [-0.15, -0.1) is 0 Å². The number of rotatable bonds is 6. The van der Waals surface area contributed by atoms with Gasteiger partial charge in [0.25, 0.3) is 0 Å². The second-order valence-corrected chi connectivity index (χ2v) is 6.81. The van der Waals surface area contributed by atoms with Crippen molar-refractivity contribution >= 4 is 12.2 Å². The summed E-state index contributed by atoms with van der Waals surface area (Å²) in [6.07, 6.45) is -3.94. The Morgan fingerprint density at radius 2 is 1.63 bits per heavy atom. The summed E-state index contributed by atoms with van der Waals surface area (Å²) in [5, 5.41) is 58.9. The number of aromatic hydroxyl groups is 2. The van der Waals surface area contributed by atoms with Crippen LogP contribution in [0.3, 0.4) is 0 Å². The van der Waals surface area contributed by atoms with Crippen molar-refractivity contribution in [2.75, 3.05) is 13.7 Å². The molecule has 0 aromatic heterocycles. The lowest BCUT2D eigenvalue weighted by Crippen LogP contribution is -2.60. The Kier molecular flexibility index (Phi) is 6.80. The van der Waals surface area contributed by atoms with Crippen LogP contribution < -0.4 is 9.47 Å². The summed E-state index contributed by atoms with van der Waals surface area (Å²) < 4.78 is 16.4. The van der Waals surface area contributed by atoms with E-state index >= 15 is 0 Å². The van der Waals surface area contributed by atoms with E-state index in [2.05, 4.69) is 0 Å². The lowest BCUT2D eigenvalue weighted by Gasteiger charge is -2.39. The van der Waals surface area contributed by atoms with Crippen LogP contribution in [-0.2, 0) is 4.74 Å². The first-order valence-corrected chi connectivity index (χ1v) is 9.19. The maximum absolute atomic E-state index is 10.3. The molecule has 1 fully saturated rings. The number of phenols is 2. The maximum atomic E-state index is 10.3. The molecule has 1 heterocycles. The van der Waals surface area contributed by atoms with Gasteiger partial charge in [0, 0.05) is 11.6 Å². The minimum Gasteiger partial charge on any atom is -0.508 e. The Bertz CT molecular complexity index is 879. The SMILES string of the molecule is COc1cc(O)cc(/C=C/c2ccc(O)cc2)c1O[C@@H]1O[C@@H](CO)[C@@H](O)[C@@H](O)[C@H]1O. The number of ether oxygens (including phenoxy) is 3. The fourth-order valence-corrected chi connectivity index (χ4v) is 3.06. The third-order valence-corrected chi connectivity index (χ3v) is 4.72. The van der Waals surface area contributed by atoms with Crippen molar-refractivity contribution in [2.24, 2.45) is 0 Å². The quantitative estimate of drug-likeness (QED) is 0.366. The molecule has 9 heteroatoms. The number of hydrogen-bond acceptors (Lipinski definition) is 9. The molecule has 1 saturated heterocycles. The summed E-state index contributed by atoms with van der Waals surface area (Å²) >= 11 is 0. The smallest absolute Gasteiger partial charge is 0.229 e. The number of methoxy groups -OCH3 is 1. The van der Waals surface area contributed by atoms with Gasteiger partial charge in [0.1, 0.15) is 35.9 Å². The fourth-order valence-electron chi connectivity index (χ4n) is 3.06. The third-order valence-electron chi connectivity index (χ3n) is 4.72. The molecule has 0 amide bonds. The van der Waals surface area contributed by atoms with Crippen LogP contribution in [0.2, 0.25) is 0 Å². The number of benzene rings is 2. The van der Waals surface area contributed by atoms with Gasteiger partial charge in [0.2, 0.25) is 6.29 Å². The Hall–Kier alpha value is -2.82. The third kappa shape index (κ3) is 4.66. The first-order valence-electron chi connectivity index (χ1n) is 9.19. The monoisotopic (exact) mass is 420 g/mol. The summed E-state index contributed by atoms with van der Waals surface area (Å²) in [6.45, 7) is -0.592. The molecule has 3 rings (SSSR count). The molecule has 1 aliphatic rings. The molecule has 0 saturated carbocycles. The fraction of sp³-hybridized carbons (Fsp3) is 0.333. The molecule has 0 aliphatic carbocycles. The van der Waals surface area contributed by atoms with Gasteiger partial charge >= 0.3 is 0 Å². The topological polar surface area (TPSA) is 149 Å². The largest absolute Gasteiger partial charge is 0.508 e. The van der Waals surface area contributed by atoms with Gasteiger partial charge in [0.15, 0.2) is 11.5 Å². The molecule has 1 aliphatic heterocycles. The molecule has 5 atom stereocenters. The van der Waals surface area contributed by atoms with E-state index in [1.54, 1.807) is 24.3 Å². The van der Waals surface area contributed by atoms with Crippen molar-refractivity contribution in [3.05, 3.63) is 47.5 Å². The van der Waals surface area contributed by atoms with Gasteiger partial charge in [-0.2, -0.15) is 0 Å². The Morgan fingerprint density at radius 1 is 0.933 bits per heavy atom. The molecular formula is C21H24O9. The van der Waals surface area contributed by atoms with Crippen LogP contribution in [0.1, 0.15) is 11.1 Å². The van der Waals surface area contributed by atoms with E-state index in [0.717, 1.165) is 5.56 Å². The minimum absolute atomic E-state index is 0.0987. The number of aliphatic hydroxyl groups is 4. The van der Waals surface area contributed by atoms with Crippen LogP contribution in [0.4, 0.5) is 0 Å². The zero-order chi connectivity index (χ0) is 21.8. The van der Waals surface area contributed by atoms with Crippen LogP contribution in [0, 0.1) is 0 Å². The summed E-state index contributed by atoms with van der Waals surface area (Å²) in [5.74, 6) is 0.267. The van der Waals surface area contributed by atoms with Gasteiger partial charge in [-0.25, -0.2) is 0 Å². The van der Waals surface area contributed by atoms with E-state index in [9.17, 15) is 30.6 Å². The van der Waals surface area contributed by atoms with Gasteiger partial charge in [-0.1, -0.05) is 24.3 Å². The zero-order valence-corrected chi connectivity index (χ0v) is 16.1. The molecule has 0 radical (unpaired) electrons. The van der Waals surface area contributed by atoms with Crippen molar-refractivity contribution in [3.8, 4) is 23.0 Å². The van der Waals surface area contributed by atoms with Crippen molar-refractivity contribution in [1.82, 2.24) is 0 Å². The van der Waals surface area contributed by atoms with Crippen LogP contribution in [0.5, 0.6) is 23.0 Å². The maximum Gasteiger partial charge on any atom is 0.229 e. The predicted octanol–water partition coefficient (Wildman–Crippen LogP) is 0.455. The molecule has 9 nitrogen and oxygen atoms in total. The van der Waals surface area contributed by atoms with Crippen molar-refractivity contribution in [3.63, 3.8) is 0 Å². The van der Waals surface area contributed by atoms with Gasteiger partial charge in [-0.3, -0.25) is 0 Å². The molecular weight excluding hydrogens is 396 g/mol. The lowest BCUT2D eigenvalue weighted by atomic mass is 9.99. The highest BCUT2D eigenvalue weighted by Crippen LogP contribution is 2.38. The van der Waals surface area contributed by atoms with E-state index < -0.39 is 37.3 Å². The van der Waals surface area contributed by atoms with Crippen molar-refractivity contribution < 1.29 is 44.8 Å². The molecule has 0 bridgehead atoms. The minimum atomic E-state index is -1.60. The molecule has 0 unspecified atom stereocenters. The average Bonchev–Trinajstić information content (AvgIpc) is 2.74. The van der Waals surface area contributed by atoms with Crippen LogP contribution in [-0.4, -0.2) is 75.1 Å². The molecule has 0 spiro atoms. The van der Waals surface area contributed by atoms with E-state index in [0.29, 0.717) is 5.56 Å². The number of aliphatic hydroxyl groups excluding tert-OH is 4. The summed E-state index contributed by atoms with van der Waals surface area (Å²) in [5.41, 5.74) is 1.13. The Labute approximate surface area is 172 Å². The standard InChI is InChI=1S/C21H24O9/c1-28-15-9-14(24)8-12(5-2-11-3-6-13(23)7-4-11)20(15)30-21-19(27)18(26)17(25)16(10-22)29-21/h2-9,16-19,21-27H,10H2,1H3/b5-2+/t16-,17+,18+,19+,21-/m0/s1.